The number of nitrogens with two attached hydrogens (primary N) is 1. The average Bonchev–Trinajstić information content (AvgIpc) is 2.32. The topological polar surface area (TPSA) is 46.2 Å². The van der Waals surface area contributed by atoms with E-state index in [1.165, 1.54) is 5.56 Å². The summed E-state index contributed by atoms with van der Waals surface area (Å²) in [5, 5.41) is 10.3. The summed E-state index contributed by atoms with van der Waals surface area (Å²) in [7, 11) is 0. The van der Waals surface area contributed by atoms with Crippen LogP contribution in [-0.2, 0) is 5.41 Å². The highest BCUT2D eigenvalue weighted by molar-refractivity contribution is 6.30. The first-order valence-electron chi connectivity index (χ1n) is 5.80. The summed E-state index contributed by atoms with van der Waals surface area (Å²) in [6.45, 7) is 0.640. The molecule has 1 fully saturated rings. The fourth-order valence-corrected chi connectivity index (χ4v) is 2.70. The average molecular weight is 240 g/mol. The van der Waals surface area contributed by atoms with E-state index in [0.29, 0.717) is 6.54 Å². The Morgan fingerprint density at radius 1 is 1.25 bits per heavy atom. The molecule has 2 nitrogen and oxygen atoms in total. The molecule has 1 aromatic rings. The van der Waals surface area contributed by atoms with Gasteiger partial charge in [-0.2, -0.15) is 0 Å². The molecule has 0 aliphatic heterocycles. The predicted molar refractivity (Wildman–Crippen MR) is 66.7 cm³/mol. The summed E-state index contributed by atoms with van der Waals surface area (Å²) in [5.41, 5.74) is 7.24. The van der Waals surface area contributed by atoms with Gasteiger partial charge in [-0.3, -0.25) is 0 Å². The molecule has 0 saturated heterocycles. The first-order chi connectivity index (χ1) is 7.66. The van der Waals surface area contributed by atoms with Gasteiger partial charge in [0.05, 0.1) is 6.10 Å². The summed E-state index contributed by atoms with van der Waals surface area (Å²) in [6, 6.07) is 7.96. The molecular formula is C13H18ClNO. The number of benzene rings is 1. The zero-order valence-corrected chi connectivity index (χ0v) is 10.1. The molecule has 0 unspecified atom stereocenters. The van der Waals surface area contributed by atoms with Gasteiger partial charge in [-0.15, -0.1) is 0 Å². The van der Waals surface area contributed by atoms with E-state index in [1.54, 1.807) is 0 Å². The van der Waals surface area contributed by atoms with E-state index in [-0.39, 0.29) is 11.5 Å². The minimum Gasteiger partial charge on any atom is -0.393 e. The summed E-state index contributed by atoms with van der Waals surface area (Å²) < 4.78 is 0. The van der Waals surface area contributed by atoms with Crippen LogP contribution >= 0.6 is 11.6 Å². The Bertz CT molecular complexity index is 341. The maximum atomic E-state index is 9.57. The Kier molecular flexibility index (Phi) is 3.53. The van der Waals surface area contributed by atoms with Crippen LogP contribution in [0.1, 0.15) is 31.2 Å². The number of hydrogen-bond acceptors (Lipinski definition) is 2. The fourth-order valence-electron chi connectivity index (χ4n) is 2.57. The van der Waals surface area contributed by atoms with Crippen LogP contribution in [0, 0.1) is 0 Å². The molecule has 0 radical (unpaired) electrons. The van der Waals surface area contributed by atoms with Crippen molar-refractivity contribution in [1.29, 1.82) is 0 Å². The van der Waals surface area contributed by atoms with Gasteiger partial charge in [0.25, 0.3) is 0 Å². The van der Waals surface area contributed by atoms with E-state index in [4.69, 9.17) is 17.3 Å². The lowest BCUT2D eigenvalue weighted by Gasteiger charge is -2.38. The first kappa shape index (κ1) is 11.9. The van der Waals surface area contributed by atoms with Crippen molar-refractivity contribution in [2.45, 2.75) is 37.2 Å². The molecule has 1 saturated carbocycles. The SMILES string of the molecule is NCC1(c2ccc(Cl)cc2)CCC(O)CC1. The van der Waals surface area contributed by atoms with Gasteiger partial charge in [-0.25, -0.2) is 0 Å². The highest BCUT2D eigenvalue weighted by atomic mass is 35.5. The van der Waals surface area contributed by atoms with Crippen LogP contribution in [0.15, 0.2) is 24.3 Å². The predicted octanol–water partition coefficient (Wildman–Crippen LogP) is 2.47. The standard InChI is InChI=1S/C13H18ClNO/c14-11-3-1-10(2-4-11)13(9-15)7-5-12(16)6-8-13/h1-4,12,16H,5-9,15H2. The van der Waals surface area contributed by atoms with Gasteiger partial charge in [0.1, 0.15) is 0 Å². The molecule has 0 atom stereocenters. The second kappa shape index (κ2) is 4.74. The lowest BCUT2D eigenvalue weighted by atomic mass is 9.69. The summed E-state index contributed by atoms with van der Waals surface area (Å²) in [5.74, 6) is 0. The number of rotatable bonds is 2. The zero-order chi connectivity index (χ0) is 11.6. The highest BCUT2D eigenvalue weighted by Gasteiger charge is 2.35. The van der Waals surface area contributed by atoms with Crippen molar-refractivity contribution in [2.75, 3.05) is 6.54 Å². The van der Waals surface area contributed by atoms with Gasteiger partial charge in [0.2, 0.25) is 0 Å². The van der Waals surface area contributed by atoms with Crippen molar-refractivity contribution < 1.29 is 5.11 Å². The molecule has 0 amide bonds. The number of hydrogen-bond donors (Lipinski definition) is 2. The zero-order valence-electron chi connectivity index (χ0n) is 9.32. The second-order valence-electron chi connectivity index (χ2n) is 4.72. The Labute approximate surface area is 101 Å². The molecule has 0 heterocycles. The van der Waals surface area contributed by atoms with Crippen LogP contribution in [0.2, 0.25) is 5.02 Å². The Balaban J connectivity index is 2.24. The van der Waals surface area contributed by atoms with Crippen molar-refractivity contribution in [3.8, 4) is 0 Å². The summed E-state index contributed by atoms with van der Waals surface area (Å²) >= 11 is 5.89. The van der Waals surface area contributed by atoms with Crippen LogP contribution in [0.4, 0.5) is 0 Å². The van der Waals surface area contributed by atoms with Crippen molar-refractivity contribution >= 4 is 11.6 Å². The van der Waals surface area contributed by atoms with E-state index in [9.17, 15) is 5.11 Å². The van der Waals surface area contributed by atoms with Crippen LogP contribution < -0.4 is 5.73 Å². The third-order valence-corrected chi connectivity index (χ3v) is 4.01. The molecule has 1 aliphatic rings. The van der Waals surface area contributed by atoms with Crippen molar-refractivity contribution in [2.24, 2.45) is 5.73 Å². The molecule has 0 bridgehead atoms. The van der Waals surface area contributed by atoms with Crippen molar-refractivity contribution in [3.05, 3.63) is 34.9 Å². The molecule has 2 rings (SSSR count). The van der Waals surface area contributed by atoms with Crippen LogP contribution in [0.3, 0.4) is 0 Å². The minimum absolute atomic E-state index is 0.0455. The smallest absolute Gasteiger partial charge is 0.0541 e. The third kappa shape index (κ3) is 2.24. The highest BCUT2D eigenvalue weighted by Crippen LogP contribution is 2.38. The molecule has 0 aromatic heterocycles. The van der Waals surface area contributed by atoms with Crippen molar-refractivity contribution in [1.82, 2.24) is 0 Å². The quantitative estimate of drug-likeness (QED) is 0.833. The van der Waals surface area contributed by atoms with Crippen LogP contribution in [0.5, 0.6) is 0 Å². The first-order valence-corrected chi connectivity index (χ1v) is 6.18. The fraction of sp³-hybridized carbons (Fsp3) is 0.538. The van der Waals surface area contributed by atoms with Gasteiger partial charge in [-0.05, 0) is 43.4 Å². The molecule has 0 spiro atoms. The number of halogens is 1. The number of aliphatic hydroxyl groups excluding tert-OH is 1. The Morgan fingerprint density at radius 2 is 1.81 bits per heavy atom. The maximum Gasteiger partial charge on any atom is 0.0541 e. The van der Waals surface area contributed by atoms with E-state index in [2.05, 4.69) is 12.1 Å². The Hall–Kier alpha value is -0.570. The molecule has 88 valence electrons. The minimum atomic E-state index is -0.146. The summed E-state index contributed by atoms with van der Waals surface area (Å²) in [6.07, 6.45) is 3.48. The van der Waals surface area contributed by atoms with Gasteiger partial charge >= 0.3 is 0 Å². The molecule has 3 N–H and O–H groups in total. The van der Waals surface area contributed by atoms with E-state index < -0.39 is 0 Å². The molecular weight excluding hydrogens is 222 g/mol. The van der Waals surface area contributed by atoms with Gasteiger partial charge in [0, 0.05) is 17.0 Å². The largest absolute Gasteiger partial charge is 0.393 e. The van der Waals surface area contributed by atoms with E-state index >= 15 is 0 Å². The molecule has 1 aliphatic carbocycles. The monoisotopic (exact) mass is 239 g/mol. The van der Waals surface area contributed by atoms with Crippen LogP contribution in [0.25, 0.3) is 0 Å². The Morgan fingerprint density at radius 3 is 2.31 bits per heavy atom. The molecule has 3 heteroatoms. The summed E-state index contributed by atoms with van der Waals surface area (Å²) in [4.78, 5) is 0. The lowest BCUT2D eigenvalue weighted by Crippen LogP contribution is -2.40. The van der Waals surface area contributed by atoms with Crippen LogP contribution in [-0.4, -0.2) is 17.8 Å². The van der Waals surface area contributed by atoms with E-state index in [0.717, 1.165) is 30.7 Å². The lowest BCUT2D eigenvalue weighted by molar-refractivity contribution is 0.0974. The second-order valence-corrected chi connectivity index (χ2v) is 5.16. The third-order valence-electron chi connectivity index (χ3n) is 3.76. The van der Waals surface area contributed by atoms with Gasteiger partial charge in [-0.1, -0.05) is 23.7 Å². The molecule has 16 heavy (non-hydrogen) atoms. The van der Waals surface area contributed by atoms with Gasteiger partial charge < -0.3 is 10.8 Å². The normalized spacial score (nSPS) is 30.3. The van der Waals surface area contributed by atoms with E-state index in [1.807, 2.05) is 12.1 Å². The van der Waals surface area contributed by atoms with Crippen molar-refractivity contribution in [3.63, 3.8) is 0 Å². The van der Waals surface area contributed by atoms with Gasteiger partial charge in [0.15, 0.2) is 0 Å². The molecule has 1 aromatic carbocycles. The maximum absolute atomic E-state index is 9.57. The number of aliphatic hydroxyl groups is 1.